The monoisotopic (exact) mass is 279 g/mol. The van der Waals surface area contributed by atoms with Gasteiger partial charge in [-0.05, 0) is 18.3 Å². The molecule has 0 aliphatic rings. The van der Waals surface area contributed by atoms with E-state index in [1.165, 1.54) is 12.1 Å². The SMILES string of the molecule is NC(=S)NNC(=O)c1cc2cccc([N+](=O)[O-])c2[nH]1. The molecule has 8 nitrogen and oxygen atoms in total. The molecule has 0 aliphatic heterocycles. The Labute approximate surface area is 112 Å². The minimum atomic E-state index is -0.529. The highest BCUT2D eigenvalue weighted by Gasteiger charge is 2.16. The van der Waals surface area contributed by atoms with E-state index >= 15 is 0 Å². The summed E-state index contributed by atoms with van der Waals surface area (Å²) < 4.78 is 0. The van der Waals surface area contributed by atoms with E-state index in [9.17, 15) is 14.9 Å². The zero-order chi connectivity index (χ0) is 14.0. The lowest BCUT2D eigenvalue weighted by Crippen LogP contribution is -2.44. The van der Waals surface area contributed by atoms with E-state index in [2.05, 4.69) is 28.1 Å². The summed E-state index contributed by atoms with van der Waals surface area (Å²) >= 11 is 4.54. The van der Waals surface area contributed by atoms with Crippen LogP contribution in [0.2, 0.25) is 0 Å². The van der Waals surface area contributed by atoms with Gasteiger partial charge in [0, 0.05) is 11.5 Å². The fraction of sp³-hybridized carbons (Fsp3) is 0. The topological polar surface area (TPSA) is 126 Å². The fourth-order valence-electron chi connectivity index (χ4n) is 1.60. The molecule has 0 spiro atoms. The van der Waals surface area contributed by atoms with E-state index < -0.39 is 10.8 Å². The van der Waals surface area contributed by atoms with Crippen molar-refractivity contribution in [2.75, 3.05) is 0 Å². The third kappa shape index (κ3) is 2.60. The predicted octanol–water partition coefficient (Wildman–Crippen LogP) is 0.554. The van der Waals surface area contributed by atoms with Crippen LogP contribution in [0.4, 0.5) is 5.69 Å². The van der Waals surface area contributed by atoms with Crippen molar-refractivity contribution >= 4 is 39.8 Å². The van der Waals surface area contributed by atoms with E-state index in [0.717, 1.165) is 0 Å². The maximum atomic E-state index is 11.7. The number of thiocarbonyl (C=S) groups is 1. The number of nitrogens with zero attached hydrogens (tertiary/aromatic N) is 1. The third-order valence-corrected chi connectivity index (χ3v) is 2.48. The Morgan fingerprint density at radius 2 is 2.16 bits per heavy atom. The molecule has 2 rings (SSSR count). The largest absolute Gasteiger partial charge is 0.375 e. The molecule has 0 unspecified atom stereocenters. The number of amides is 1. The Hall–Kier alpha value is -2.68. The molecule has 98 valence electrons. The number of non-ortho nitro benzene ring substituents is 1. The molecule has 0 bridgehead atoms. The number of nitro groups is 1. The molecule has 9 heteroatoms. The van der Waals surface area contributed by atoms with E-state index in [-0.39, 0.29) is 22.0 Å². The van der Waals surface area contributed by atoms with Crippen molar-refractivity contribution in [3.05, 3.63) is 40.1 Å². The van der Waals surface area contributed by atoms with Gasteiger partial charge in [-0.2, -0.15) is 0 Å². The fourth-order valence-corrected chi connectivity index (χ4v) is 1.65. The molecule has 1 heterocycles. The Balaban J connectivity index is 2.36. The molecular formula is C10H9N5O3S. The van der Waals surface area contributed by atoms with Gasteiger partial charge in [0.25, 0.3) is 11.6 Å². The highest BCUT2D eigenvalue weighted by Crippen LogP contribution is 2.25. The minimum absolute atomic E-state index is 0.0876. The summed E-state index contributed by atoms with van der Waals surface area (Å²) in [5.41, 5.74) is 10.0. The molecule has 0 radical (unpaired) electrons. The van der Waals surface area contributed by atoms with Crippen LogP contribution in [-0.2, 0) is 0 Å². The van der Waals surface area contributed by atoms with Crippen molar-refractivity contribution in [1.82, 2.24) is 15.8 Å². The zero-order valence-corrected chi connectivity index (χ0v) is 10.3. The van der Waals surface area contributed by atoms with Gasteiger partial charge < -0.3 is 10.7 Å². The van der Waals surface area contributed by atoms with Crippen LogP contribution in [-0.4, -0.2) is 20.9 Å². The maximum absolute atomic E-state index is 11.7. The number of hydrogen-bond donors (Lipinski definition) is 4. The number of carbonyl (C=O) groups is 1. The predicted molar refractivity (Wildman–Crippen MR) is 72.3 cm³/mol. The molecule has 1 amide bonds. The normalized spacial score (nSPS) is 10.1. The molecule has 2 aromatic rings. The average molecular weight is 279 g/mol. The number of fused-ring (bicyclic) bond motifs is 1. The zero-order valence-electron chi connectivity index (χ0n) is 9.47. The highest BCUT2D eigenvalue weighted by molar-refractivity contribution is 7.80. The van der Waals surface area contributed by atoms with Gasteiger partial charge in [-0.15, -0.1) is 0 Å². The first-order chi connectivity index (χ1) is 8.99. The summed E-state index contributed by atoms with van der Waals surface area (Å²) in [6.07, 6.45) is 0. The van der Waals surface area contributed by atoms with Crippen LogP contribution in [0.5, 0.6) is 0 Å². The van der Waals surface area contributed by atoms with Crippen LogP contribution in [0.1, 0.15) is 10.5 Å². The number of aromatic nitrogens is 1. The number of nitrogens with one attached hydrogen (secondary N) is 3. The minimum Gasteiger partial charge on any atom is -0.375 e. The summed E-state index contributed by atoms with van der Waals surface area (Å²) in [6, 6.07) is 6.06. The van der Waals surface area contributed by atoms with Gasteiger partial charge in [0.1, 0.15) is 11.2 Å². The van der Waals surface area contributed by atoms with Crippen LogP contribution in [0.25, 0.3) is 10.9 Å². The summed E-state index contributed by atoms with van der Waals surface area (Å²) in [5, 5.41) is 11.3. The van der Waals surface area contributed by atoms with Crippen molar-refractivity contribution in [2.45, 2.75) is 0 Å². The van der Waals surface area contributed by atoms with E-state index in [4.69, 9.17) is 5.73 Å². The molecule has 5 N–H and O–H groups in total. The van der Waals surface area contributed by atoms with Gasteiger partial charge in [0.2, 0.25) is 0 Å². The van der Waals surface area contributed by atoms with Crippen molar-refractivity contribution < 1.29 is 9.72 Å². The van der Waals surface area contributed by atoms with E-state index in [1.807, 2.05) is 0 Å². The number of rotatable bonds is 2. The first kappa shape index (κ1) is 12.8. The Morgan fingerprint density at radius 3 is 2.79 bits per heavy atom. The summed E-state index contributed by atoms with van der Waals surface area (Å²) in [4.78, 5) is 24.7. The van der Waals surface area contributed by atoms with Crippen LogP contribution in [0.3, 0.4) is 0 Å². The number of hydrogen-bond acceptors (Lipinski definition) is 4. The molecule has 0 saturated carbocycles. The second-order valence-electron chi connectivity index (χ2n) is 3.62. The second-order valence-corrected chi connectivity index (χ2v) is 4.06. The van der Waals surface area contributed by atoms with Crippen molar-refractivity contribution in [3.8, 4) is 0 Å². The summed E-state index contributed by atoms with van der Waals surface area (Å²) in [5.74, 6) is -0.529. The van der Waals surface area contributed by atoms with Crippen LogP contribution in [0.15, 0.2) is 24.3 Å². The average Bonchev–Trinajstić information content (AvgIpc) is 2.78. The lowest BCUT2D eigenvalue weighted by Gasteiger charge is -2.03. The van der Waals surface area contributed by atoms with Gasteiger partial charge in [-0.1, -0.05) is 12.1 Å². The van der Waals surface area contributed by atoms with Gasteiger partial charge in [-0.3, -0.25) is 25.8 Å². The molecule has 0 aliphatic carbocycles. The van der Waals surface area contributed by atoms with Crippen LogP contribution >= 0.6 is 12.2 Å². The van der Waals surface area contributed by atoms with Gasteiger partial charge >= 0.3 is 0 Å². The summed E-state index contributed by atoms with van der Waals surface area (Å²) in [7, 11) is 0. The number of H-pyrrole nitrogens is 1. The highest BCUT2D eigenvalue weighted by atomic mass is 32.1. The van der Waals surface area contributed by atoms with Crippen LogP contribution in [0, 0.1) is 10.1 Å². The third-order valence-electron chi connectivity index (χ3n) is 2.37. The Morgan fingerprint density at radius 1 is 1.42 bits per heavy atom. The first-order valence-corrected chi connectivity index (χ1v) is 5.52. The lowest BCUT2D eigenvalue weighted by atomic mass is 10.2. The Kier molecular flexibility index (Phi) is 3.29. The number of para-hydroxylation sites is 1. The van der Waals surface area contributed by atoms with Gasteiger partial charge in [0.15, 0.2) is 5.11 Å². The maximum Gasteiger partial charge on any atom is 0.293 e. The second kappa shape index (κ2) is 4.90. The van der Waals surface area contributed by atoms with Crippen molar-refractivity contribution in [2.24, 2.45) is 5.73 Å². The summed E-state index contributed by atoms with van der Waals surface area (Å²) in [6.45, 7) is 0. The van der Waals surface area contributed by atoms with Gasteiger partial charge in [-0.25, -0.2) is 0 Å². The quantitative estimate of drug-likeness (QED) is 0.361. The molecular weight excluding hydrogens is 270 g/mol. The van der Waals surface area contributed by atoms with Gasteiger partial charge in [0.05, 0.1) is 4.92 Å². The standard InChI is InChI=1S/C10H9N5O3S/c11-10(19)14-13-9(16)6-4-5-2-1-3-7(15(17)18)8(5)12-6/h1-4,12H,(H,13,16)(H3,11,14,19). The Bertz CT molecular complexity index is 681. The molecule has 0 fully saturated rings. The number of nitro benzene ring substituents is 1. The number of benzene rings is 1. The van der Waals surface area contributed by atoms with E-state index in [1.54, 1.807) is 12.1 Å². The number of hydrazine groups is 1. The molecule has 1 aromatic heterocycles. The molecule has 1 aromatic carbocycles. The number of nitrogens with two attached hydrogens (primary N) is 1. The molecule has 0 saturated heterocycles. The van der Waals surface area contributed by atoms with Crippen LogP contribution < -0.4 is 16.6 Å². The lowest BCUT2D eigenvalue weighted by molar-refractivity contribution is -0.383. The first-order valence-electron chi connectivity index (χ1n) is 5.11. The van der Waals surface area contributed by atoms with Crippen molar-refractivity contribution in [1.29, 1.82) is 0 Å². The number of carbonyl (C=O) groups excluding carboxylic acids is 1. The van der Waals surface area contributed by atoms with Crippen molar-refractivity contribution in [3.63, 3.8) is 0 Å². The smallest absolute Gasteiger partial charge is 0.293 e. The van der Waals surface area contributed by atoms with E-state index in [0.29, 0.717) is 5.39 Å². The number of aromatic amines is 1. The molecule has 19 heavy (non-hydrogen) atoms. The molecule has 0 atom stereocenters.